The Kier molecular flexibility index (Phi) is 9.39. The molecule has 0 saturated carbocycles. The van der Waals surface area contributed by atoms with Crippen LogP contribution < -0.4 is 0 Å². The summed E-state index contributed by atoms with van der Waals surface area (Å²) in [7, 11) is 0. The van der Waals surface area contributed by atoms with Crippen LogP contribution in [0.25, 0.3) is 0 Å². The van der Waals surface area contributed by atoms with Gasteiger partial charge < -0.3 is 14.2 Å². The van der Waals surface area contributed by atoms with Crippen LogP contribution in [-0.4, -0.2) is 32.5 Å². The van der Waals surface area contributed by atoms with Crippen molar-refractivity contribution in [2.75, 3.05) is 0 Å². The number of halogens is 1. The molecule has 0 aliphatic heterocycles. The Hall–Kier alpha value is -1.83. The third kappa shape index (κ3) is 8.13. The highest BCUT2D eigenvalue weighted by Gasteiger charge is 2.26. The number of rotatable bonds is 8. The summed E-state index contributed by atoms with van der Waals surface area (Å²) in [5.41, 5.74) is 1.93. The number of hydrogen-bond acceptors (Lipinski definition) is 4. The number of ether oxygens (including phenoxy) is 1. The van der Waals surface area contributed by atoms with Crippen LogP contribution in [0.2, 0.25) is 0 Å². The number of hydrogen-bond donors (Lipinski definition) is 0. The van der Waals surface area contributed by atoms with E-state index >= 15 is 0 Å². The fourth-order valence-corrected chi connectivity index (χ4v) is 3.34. The van der Waals surface area contributed by atoms with Crippen molar-refractivity contribution in [2.24, 2.45) is 4.40 Å². The molecule has 2 aromatic rings. The standard InChI is InChI=1S/C23H29BrN2O3S/c1-18(14-15-25-30(28)23(2,3)4)26(16-19-10-12-21(24)13-11-19)22(27)29-17-20-8-6-5-7-9-20/h5-13,15,18H,14,16-17H2,1-4H3/b25-15+. The average Bonchev–Trinajstić information content (AvgIpc) is 2.71. The van der Waals surface area contributed by atoms with Gasteiger partial charge in [0.05, 0.1) is 6.21 Å². The maximum atomic E-state index is 12.9. The highest BCUT2D eigenvalue weighted by atomic mass is 79.9. The number of carbonyl (C=O) groups is 1. The van der Waals surface area contributed by atoms with Crippen LogP contribution in [0, 0.1) is 0 Å². The lowest BCUT2D eigenvalue weighted by Crippen LogP contribution is -2.38. The Balaban J connectivity index is 2.07. The predicted octanol–water partition coefficient (Wildman–Crippen LogP) is 5.90. The number of amides is 1. The molecule has 0 aliphatic rings. The maximum absolute atomic E-state index is 12.9. The first kappa shape index (κ1) is 24.4. The van der Waals surface area contributed by atoms with Gasteiger partial charge >= 0.3 is 6.09 Å². The third-order valence-electron chi connectivity index (χ3n) is 4.38. The lowest BCUT2D eigenvalue weighted by atomic mass is 10.1. The molecule has 0 radical (unpaired) electrons. The van der Waals surface area contributed by atoms with E-state index in [1.54, 1.807) is 11.1 Å². The second-order valence-electron chi connectivity index (χ2n) is 8.03. The van der Waals surface area contributed by atoms with Gasteiger partial charge in [-0.25, -0.2) is 4.79 Å². The van der Waals surface area contributed by atoms with Crippen LogP contribution in [0.3, 0.4) is 0 Å². The molecular formula is C23H29BrN2O3S. The number of carbonyl (C=O) groups excluding carboxylic acids is 1. The quantitative estimate of drug-likeness (QED) is 0.340. The third-order valence-corrected chi connectivity index (χ3v) is 6.30. The topological polar surface area (TPSA) is 65.0 Å². The van der Waals surface area contributed by atoms with Gasteiger partial charge in [0.15, 0.2) is 0 Å². The van der Waals surface area contributed by atoms with Gasteiger partial charge in [-0.2, -0.15) is 0 Å². The van der Waals surface area contributed by atoms with E-state index in [1.165, 1.54) is 0 Å². The summed E-state index contributed by atoms with van der Waals surface area (Å²) in [6.07, 6.45) is 1.74. The second-order valence-corrected chi connectivity index (χ2v) is 10.9. The highest BCUT2D eigenvalue weighted by Crippen LogP contribution is 2.18. The smallest absolute Gasteiger partial charge is 0.410 e. The number of benzene rings is 2. The van der Waals surface area contributed by atoms with E-state index in [4.69, 9.17) is 4.74 Å². The minimum Gasteiger partial charge on any atom is -0.591 e. The van der Waals surface area contributed by atoms with Gasteiger partial charge in [-0.05, 0) is 51.0 Å². The molecule has 0 bridgehead atoms. The number of nitrogens with zero attached hydrogens (tertiary/aromatic N) is 2. The van der Waals surface area contributed by atoms with Crippen LogP contribution in [0.5, 0.6) is 0 Å². The summed E-state index contributed by atoms with van der Waals surface area (Å²) >= 11 is 2.12. The molecule has 7 heteroatoms. The van der Waals surface area contributed by atoms with E-state index in [-0.39, 0.29) is 18.7 Å². The van der Waals surface area contributed by atoms with E-state index in [0.717, 1.165) is 15.6 Å². The van der Waals surface area contributed by atoms with Crippen molar-refractivity contribution in [3.8, 4) is 0 Å². The van der Waals surface area contributed by atoms with Gasteiger partial charge in [0, 0.05) is 23.5 Å². The van der Waals surface area contributed by atoms with Crippen LogP contribution in [0.4, 0.5) is 4.79 Å². The molecule has 5 nitrogen and oxygen atoms in total. The summed E-state index contributed by atoms with van der Waals surface area (Å²) in [6.45, 7) is 8.21. The Morgan fingerprint density at radius 1 is 1.17 bits per heavy atom. The first-order chi connectivity index (χ1) is 14.2. The molecule has 1 amide bonds. The SMILES string of the molecule is CC(C/C=N/[S+]([O-])C(C)(C)C)N(Cc1ccc(Br)cc1)C(=O)OCc1ccccc1. The van der Waals surface area contributed by atoms with Crippen molar-refractivity contribution in [1.29, 1.82) is 0 Å². The summed E-state index contributed by atoms with van der Waals surface area (Å²) in [6, 6.07) is 17.3. The lowest BCUT2D eigenvalue weighted by molar-refractivity contribution is 0.0812. The molecule has 2 atom stereocenters. The lowest BCUT2D eigenvalue weighted by Gasteiger charge is -2.28. The van der Waals surface area contributed by atoms with E-state index in [1.807, 2.05) is 82.3 Å². The Morgan fingerprint density at radius 2 is 1.80 bits per heavy atom. The van der Waals surface area contributed by atoms with Gasteiger partial charge in [0.2, 0.25) is 0 Å². The van der Waals surface area contributed by atoms with Crippen molar-refractivity contribution in [3.63, 3.8) is 0 Å². The van der Waals surface area contributed by atoms with Crippen molar-refractivity contribution in [1.82, 2.24) is 4.90 Å². The summed E-state index contributed by atoms with van der Waals surface area (Å²) in [5, 5.41) is 0. The molecule has 2 rings (SSSR count). The summed E-state index contributed by atoms with van der Waals surface area (Å²) in [5.74, 6) is 0. The van der Waals surface area contributed by atoms with Crippen LogP contribution in [-0.2, 0) is 29.3 Å². The van der Waals surface area contributed by atoms with Crippen molar-refractivity contribution >= 4 is 39.6 Å². The fourth-order valence-electron chi connectivity index (χ4n) is 2.54. The Morgan fingerprint density at radius 3 is 2.40 bits per heavy atom. The molecule has 2 unspecified atom stereocenters. The highest BCUT2D eigenvalue weighted by molar-refractivity contribution is 9.10. The van der Waals surface area contributed by atoms with Gasteiger partial charge in [0.1, 0.15) is 22.7 Å². The molecule has 162 valence electrons. The summed E-state index contributed by atoms with van der Waals surface area (Å²) in [4.78, 5) is 14.6. The van der Waals surface area contributed by atoms with Crippen LogP contribution in [0.1, 0.15) is 45.2 Å². The molecule has 0 aromatic heterocycles. The molecule has 0 saturated heterocycles. The molecule has 0 heterocycles. The Labute approximate surface area is 191 Å². The van der Waals surface area contributed by atoms with Crippen LogP contribution in [0.15, 0.2) is 63.5 Å². The Bertz CT molecular complexity index is 823. The predicted molar refractivity (Wildman–Crippen MR) is 127 cm³/mol. The first-order valence-electron chi connectivity index (χ1n) is 9.83. The van der Waals surface area contributed by atoms with Gasteiger partial charge in [-0.1, -0.05) is 62.8 Å². The van der Waals surface area contributed by atoms with E-state index in [0.29, 0.717) is 13.0 Å². The molecule has 0 aliphatic carbocycles. The molecular weight excluding hydrogens is 464 g/mol. The molecule has 30 heavy (non-hydrogen) atoms. The van der Waals surface area contributed by atoms with Gasteiger partial charge in [0.25, 0.3) is 0 Å². The van der Waals surface area contributed by atoms with E-state index < -0.39 is 16.1 Å². The van der Waals surface area contributed by atoms with E-state index in [2.05, 4.69) is 20.3 Å². The molecule has 0 spiro atoms. The van der Waals surface area contributed by atoms with Gasteiger partial charge in [-0.3, -0.25) is 0 Å². The largest absolute Gasteiger partial charge is 0.591 e. The van der Waals surface area contributed by atoms with Crippen molar-refractivity contribution < 1.29 is 14.1 Å². The van der Waals surface area contributed by atoms with Gasteiger partial charge in [-0.15, -0.1) is 0 Å². The first-order valence-corrected chi connectivity index (χ1v) is 11.7. The zero-order chi connectivity index (χ0) is 22.1. The molecule has 0 N–H and O–H groups in total. The monoisotopic (exact) mass is 492 g/mol. The molecule has 2 aromatic carbocycles. The maximum Gasteiger partial charge on any atom is 0.410 e. The summed E-state index contributed by atoms with van der Waals surface area (Å²) < 4.78 is 22.4. The normalized spacial score (nSPS) is 13.8. The van der Waals surface area contributed by atoms with Crippen molar-refractivity contribution in [3.05, 3.63) is 70.2 Å². The second kappa shape index (κ2) is 11.5. The zero-order valence-electron chi connectivity index (χ0n) is 17.9. The fraction of sp³-hybridized carbons (Fsp3) is 0.391. The zero-order valence-corrected chi connectivity index (χ0v) is 20.3. The minimum atomic E-state index is -1.32. The van der Waals surface area contributed by atoms with Crippen LogP contribution >= 0.6 is 15.9 Å². The minimum absolute atomic E-state index is 0.169. The average molecular weight is 493 g/mol. The van der Waals surface area contributed by atoms with E-state index in [9.17, 15) is 9.35 Å². The van der Waals surface area contributed by atoms with Crippen molar-refractivity contribution in [2.45, 2.75) is 58.1 Å². The molecule has 0 fully saturated rings.